The lowest BCUT2D eigenvalue weighted by molar-refractivity contribution is -0.133. The van der Waals surface area contributed by atoms with Crippen molar-refractivity contribution in [2.45, 2.75) is 23.7 Å². The van der Waals surface area contributed by atoms with Gasteiger partial charge in [-0.1, -0.05) is 23.1 Å². The predicted octanol–water partition coefficient (Wildman–Crippen LogP) is 1.25. The molecule has 1 aliphatic heterocycles. The standard InChI is InChI=1S/C11H18N4O2S2/c1-8-6-14(2)4-3-5-15(8)10-12-13-11(19-10)18-7-9(16)17/h8H,3-7H2,1-2H3,(H,16,17). The maximum atomic E-state index is 10.5. The second-order valence-electron chi connectivity index (χ2n) is 4.69. The summed E-state index contributed by atoms with van der Waals surface area (Å²) in [7, 11) is 2.13. The summed E-state index contributed by atoms with van der Waals surface area (Å²) in [5.74, 6) is -0.793. The van der Waals surface area contributed by atoms with Crippen LogP contribution in [-0.4, -0.2) is 64.6 Å². The number of hydrogen-bond donors (Lipinski definition) is 1. The summed E-state index contributed by atoms with van der Waals surface area (Å²) in [6.07, 6.45) is 1.11. The minimum atomic E-state index is -0.827. The molecular weight excluding hydrogens is 284 g/mol. The van der Waals surface area contributed by atoms with Gasteiger partial charge in [0.2, 0.25) is 5.13 Å². The molecule has 6 nitrogen and oxygen atoms in total. The third kappa shape index (κ3) is 4.05. The summed E-state index contributed by atoms with van der Waals surface area (Å²) in [5.41, 5.74) is 0. The summed E-state index contributed by atoms with van der Waals surface area (Å²) in [4.78, 5) is 15.1. The number of hydrogen-bond acceptors (Lipinski definition) is 7. The number of aromatic nitrogens is 2. The highest BCUT2D eigenvalue weighted by molar-refractivity contribution is 8.01. The highest BCUT2D eigenvalue weighted by atomic mass is 32.2. The number of carboxylic acids is 1. The molecule has 0 saturated carbocycles. The van der Waals surface area contributed by atoms with Gasteiger partial charge in [0.15, 0.2) is 4.34 Å². The molecule has 2 heterocycles. The molecule has 0 aromatic carbocycles. The van der Waals surface area contributed by atoms with Crippen LogP contribution in [0.1, 0.15) is 13.3 Å². The Kier molecular flexibility index (Phi) is 5.00. The van der Waals surface area contributed by atoms with Crippen LogP contribution in [0, 0.1) is 0 Å². The number of nitrogens with zero attached hydrogens (tertiary/aromatic N) is 4. The molecule has 1 aromatic heterocycles. The summed E-state index contributed by atoms with van der Waals surface area (Å²) in [5, 5.41) is 17.8. The van der Waals surface area contributed by atoms with E-state index in [1.807, 2.05) is 0 Å². The van der Waals surface area contributed by atoms with E-state index in [-0.39, 0.29) is 5.75 Å². The number of likely N-dealkylation sites (N-methyl/N-ethyl adjacent to an activating group) is 1. The molecule has 0 bridgehead atoms. The van der Waals surface area contributed by atoms with Gasteiger partial charge in [-0.3, -0.25) is 4.79 Å². The molecule has 0 amide bonds. The summed E-state index contributed by atoms with van der Waals surface area (Å²) in [6, 6.07) is 0.401. The molecule has 1 atom stereocenters. The van der Waals surface area contributed by atoms with E-state index < -0.39 is 5.97 Å². The molecule has 2 rings (SSSR count). The quantitative estimate of drug-likeness (QED) is 0.839. The van der Waals surface area contributed by atoms with E-state index in [0.717, 1.165) is 35.5 Å². The third-order valence-corrected chi connectivity index (χ3v) is 5.09. The fourth-order valence-electron chi connectivity index (χ4n) is 2.16. The predicted molar refractivity (Wildman–Crippen MR) is 77.2 cm³/mol. The molecular formula is C11H18N4O2S2. The van der Waals surface area contributed by atoms with Crippen LogP contribution in [0.15, 0.2) is 4.34 Å². The Balaban J connectivity index is 2.02. The second-order valence-corrected chi connectivity index (χ2v) is 6.87. The number of thioether (sulfide) groups is 1. The van der Waals surface area contributed by atoms with E-state index in [4.69, 9.17) is 5.11 Å². The van der Waals surface area contributed by atoms with Crippen LogP contribution in [0.3, 0.4) is 0 Å². The lowest BCUT2D eigenvalue weighted by Gasteiger charge is -2.26. The van der Waals surface area contributed by atoms with Crippen molar-refractivity contribution in [2.75, 3.05) is 37.3 Å². The average molecular weight is 302 g/mol. The Morgan fingerprint density at radius 2 is 2.32 bits per heavy atom. The largest absolute Gasteiger partial charge is 0.481 e. The van der Waals surface area contributed by atoms with E-state index in [1.54, 1.807) is 0 Å². The number of carboxylic acid groups (broad SMARTS) is 1. The van der Waals surface area contributed by atoms with Crippen LogP contribution in [-0.2, 0) is 4.79 Å². The highest BCUT2D eigenvalue weighted by Crippen LogP contribution is 2.29. The number of carbonyl (C=O) groups is 1. The lowest BCUT2D eigenvalue weighted by atomic mass is 10.3. The molecule has 1 fully saturated rings. The maximum absolute atomic E-state index is 10.5. The van der Waals surface area contributed by atoms with Crippen LogP contribution in [0.4, 0.5) is 5.13 Å². The Morgan fingerprint density at radius 3 is 3.05 bits per heavy atom. The molecule has 1 N–H and O–H groups in total. The van der Waals surface area contributed by atoms with Crippen molar-refractivity contribution in [1.29, 1.82) is 0 Å². The smallest absolute Gasteiger partial charge is 0.313 e. The van der Waals surface area contributed by atoms with Gasteiger partial charge < -0.3 is 14.9 Å². The van der Waals surface area contributed by atoms with Gasteiger partial charge in [0, 0.05) is 19.1 Å². The Labute approximate surface area is 120 Å². The fourth-order valence-corrected chi connectivity index (χ4v) is 3.85. The van der Waals surface area contributed by atoms with Gasteiger partial charge in [-0.15, -0.1) is 10.2 Å². The van der Waals surface area contributed by atoms with Crippen LogP contribution in [0.5, 0.6) is 0 Å². The van der Waals surface area contributed by atoms with Crippen LogP contribution >= 0.6 is 23.1 Å². The molecule has 1 aliphatic rings. The fraction of sp³-hybridized carbons (Fsp3) is 0.727. The first-order valence-corrected chi connectivity index (χ1v) is 7.99. The van der Waals surface area contributed by atoms with E-state index in [9.17, 15) is 4.79 Å². The van der Waals surface area contributed by atoms with Crippen molar-refractivity contribution >= 4 is 34.2 Å². The van der Waals surface area contributed by atoms with Crippen LogP contribution in [0.25, 0.3) is 0 Å². The molecule has 0 aliphatic carbocycles. The number of rotatable bonds is 4. The first-order valence-electron chi connectivity index (χ1n) is 6.19. The number of aliphatic carboxylic acids is 1. The van der Waals surface area contributed by atoms with Crippen molar-refractivity contribution in [2.24, 2.45) is 0 Å². The Bertz CT molecular complexity index is 440. The summed E-state index contributed by atoms with van der Waals surface area (Å²) >= 11 is 2.71. The van der Waals surface area contributed by atoms with E-state index in [2.05, 4.69) is 34.0 Å². The van der Waals surface area contributed by atoms with Crippen LogP contribution in [0.2, 0.25) is 0 Å². The SMILES string of the molecule is CC1CN(C)CCCN1c1nnc(SCC(=O)O)s1. The van der Waals surface area contributed by atoms with Gasteiger partial charge in [-0.05, 0) is 26.9 Å². The number of anilines is 1. The summed E-state index contributed by atoms with van der Waals surface area (Å²) in [6.45, 7) is 5.27. The first-order chi connectivity index (χ1) is 9.06. The molecule has 0 spiro atoms. The average Bonchev–Trinajstić information content (AvgIpc) is 2.73. The van der Waals surface area contributed by atoms with Crippen molar-refractivity contribution in [3.8, 4) is 0 Å². The normalized spacial score (nSPS) is 21.4. The zero-order valence-corrected chi connectivity index (χ0v) is 12.7. The lowest BCUT2D eigenvalue weighted by Crippen LogP contribution is -2.37. The van der Waals surface area contributed by atoms with E-state index in [0.29, 0.717) is 6.04 Å². The zero-order chi connectivity index (χ0) is 13.8. The van der Waals surface area contributed by atoms with Crippen molar-refractivity contribution < 1.29 is 9.90 Å². The molecule has 1 unspecified atom stereocenters. The Morgan fingerprint density at radius 1 is 1.53 bits per heavy atom. The van der Waals surface area contributed by atoms with Gasteiger partial charge in [-0.25, -0.2) is 0 Å². The van der Waals surface area contributed by atoms with Crippen molar-refractivity contribution in [3.05, 3.63) is 0 Å². The van der Waals surface area contributed by atoms with Gasteiger partial charge in [0.25, 0.3) is 0 Å². The van der Waals surface area contributed by atoms with Gasteiger partial charge in [0.1, 0.15) is 0 Å². The van der Waals surface area contributed by atoms with Gasteiger partial charge in [-0.2, -0.15) is 0 Å². The van der Waals surface area contributed by atoms with Gasteiger partial charge >= 0.3 is 5.97 Å². The topological polar surface area (TPSA) is 69.6 Å². The van der Waals surface area contributed by atoms with Gasteiger partial charge in [0.05, 0.1) is 5.75 Å². The first kappa shape index (κ1) is 14.5. The molecule has 8 heteroatoms. The van der Waals surface area contributed by atoms with Crippen molar-refractivity contribution in [1.82, 2.24) is 15.1 Å². The molecule has 1 aromatic rings. The maximum Gasteiger partial charge on any atom is 0.313 e. The molecule has 106 valence electrons. The zero-order valence-electron chi connectivity index (χ0n) is 11.1. The molecule has 1 saturated heterocycles. The Hall–Kier alpha value is -0.860. The second kappa shape index (κ2) is 6.53. The summed E-state index contributed by atoms with van der Waals surface area (Å²) < 4.78 is 0.724. The van der Waals surface area contributed by atoms with Crippen LogP contribution < -0.4 is 4.90 Å². The third-order valence-electron chi connectivity index (χ3n) is 3.01. The highest BCUT2D eigenvalue weighted by Gasteiger charge is 2.22. The molecule has 0 radical (unpaired) electrons. The van der Waals surface area contributed by atoms with E-state index >= 15 is 0 Å². The molecule has 19 heavy (non-hydrogen) atoms. The monoisotopic (exact) mass is 302 g/mol. The minimum absolute atomic E-state index is 0.0346. The van der Waals surface area contributed by atoms with E-state index in [1.165, 1.54) is 23.1 Å². The van der Waals surface area contributed by atoms with Crippen molar-refractivity contribution in [3.63, 3.8) is 0 Å². The minimum Gasteiger partial charge on any atom is -0.481 e.